The third-order valence-electron chi connectivity index (χ3n) is 6.74. The Morgan fingerprint density at radius 3 is 2.59 bits per heavy atom. The first-order valence-corrected chi connectivity index (χ1v) is 10.9. The first-order chi connectivity index (χ1) is 13.9. The molecule has 1 spiro atoms. The van der Waals surface area contributed by atoms with Gasteiger partial charge in [0.25, 0.3) is 5.91 Å². The summed E-state index contributed by atoms with van der Waals surface area (Å²) < 4.78 is 12.0. The van der Waals surface area contributed by atoms with Crippen molar-refractivity contribution in [1.82, 2.24) is 9.80 Å². The number of aryl methyl sites for hydroxylation is 1. The SMILES string of the molecule is Cc1ccc2c(c1)C(=O)N(C(C)C(=O)N1CCC(C)CC1)CC1(CCOCC1)O2. The molecule has 4 rings (SSSR count). The van der Waals surface area contributed by atoms with Gasteiger partial charge in [0.2, 0.25) is 5.91 Å². The van der Waals surface area contributed by atoms with Crippen LogP contribution in [0.2, 0.25) is 0 Å². The molecule has 2 saturated heterocycles. The molecule has 1 unspecified atom stereocenters. The number of likely N-dealkylation sites (tertiary alicyclic amines) is 1. The lowest BCUT2D eigenvalue weighted by molar-refractivity contribution is -0.138. The number of hydrogen-bond acceptors (Lipinski definition) is 4. The van der Waals surface area contributed by atoms with E-state index in [0.717, 1.165) is 31.5 Å². The normalized spacial score (nSPS) is 23.3. The van der Waals surface area contributed by atoms with Crippen LogP contribution >= 0.6 is 0 Å². The topological polar surface area (TPSA) is 59.1 Å². The van der Waals surface area contributed by atoms with Crippen LogP contribution in [-0.4, -0.2) is 66.1 Å². The summed E-state index contributed by atoms with van der Waals surface area (Å²) in [7, 11) is 0. The number of fused-ring (bicyclic) bond motifs is 1. The Balaban J connectivity index is 1.65. The highest BCUT2D eigenvalue weighted by Gasteiger charge is 2.45. The molecule has 0 N–H and O–H groups in total. The molecule has 1 atom stereocenters. The molecule has 0 bridgehead atoms. The summed E-state index contributed by atoms with van der Waals surface area (Å²) in [4.78, 5) is 30.5. The number of amides is 2. The maximum Gasteiger partial charge on any atom is 0.258 e. The van der Waals surface area contributed by atoms with Crippen LogP contribution < -0.4 is 4.74 Å². The van der Waals surface area contributed by atoms with Gasteiger partial charge in [0.1, 0.15) is 17.4 Å². The highest BCUT2D eigenvalue weighted by atomic mass is 16.5. The number of nitrogens with zero attached hydrogens (tertiary/aromatic N) is 2. The van der Waals surface area contributed by atoms with Crippen molar-refractivity contribution in [2.75, 3.05) is 32.8 Å². The minimum absolute atomic E-state index is 0.0450. The third kappa shape index (κ3) is 4.00. The molecule has 6 heteroatoms. The summed E-state index contributed by atoms with van der Waals surface area (Å²) in [5.41, 5.74) is 1.06. The average Bonchev–Trinajstić information content (AvgIpc) is 2.83. The van der Waals surface area contributed by atoms with E-state index in [4.69, 9.17) is 9.47 Å². The molecular weight excluding hydrogens is 368 g/mol. The molecule has 0 saturated carbocycles. The molecule has 1 aromatic rings. The Morgan fingerprint density at radius 2 is 1.90 bits per heavy atom. The van der Waals surface area contributed by atoms with E-state index in [1.54, 1.807) is 4.90 Å². The fraction of sp³-hybridized carbons (Fsp3) is 0.652. The van der Waals surface area contributed by atoms with Crippen LogP contribution in [0.25, 0.3) is 0 Å². The van der Waals surface area contributed by atoms with E-state index in [0.29, 0.717) is 49.8 Å². The molecule has 3 aliphatic heterocycles. The maximum atomic E-state index is 13.5. The standard InChI is InChI=1S/C23H32N2O4/c1-16-6-10-24(11-7-16)21(26)18(3)25-15-23(8-12-28-13-9-23)29-20-5-4-17(2)14-19(20)22(25)27/h4-5,14,16,18H,6-13,15H2,1-3H3. The molecule has 3 aliphatic rings. The largest absolute Gasteiger partial charge is 0.484 e. The van der Waals surface area contributed by atoms with Gasteiger partial charge >= 0.3 is 0 Å². The van der Waals surface area contributed by atoms with E-state index >= 15 is 0 Å². The van der Waals surface area contributed by atoms with Gasteiger partial charge < -0.3 is 19.3 Å². The van der Waals surface area contributed by atoms with Crippen LogP contribution in [-0.2, 0) is 9.53 Å². The van der Waals surface area contributed by atoms with Crippen LogP contribution in [0.5, 0.6) is 5.75 Å². The van der Waals surface area contributed by atoms with E-state index in [2.05, 4.69) is 6.92 Å². The number of carbonyl (C=O) groups excluding carboxylic acids is 2. The molecular formula is C23H32N2O4. The van der Waals surface area contributed by atoms with E-state index in [1.165, 1.54) is 0 Å². The summed E-state index contributed by atoms with van der Waals surface area (Å²) in [6.07, 6.45) is 3.48. The van der Waals surface area contributed by atoms with E-state index < -0.39 is 11.6 Å². The van der Waals surface area contributed by atoms with Gasteiger partial charge in [-0.05, 0) is 44.7 Å². The van der Waals surface area contributed by atoms with Gasteiger partial charge in [-0.1, -0.05) is 18.6 Å². The molecule has 2 fully saturated rings. The monoisotopic (exact) mass is 400 g/mol. The predicted octanol–water partition coefficient (Wildman–Crippen LogP) is 3.03. The van der Waals surface area contributed by atoms with Gasteiger partial charge in [-0.15, -0.1) is 0 Å². The number of piperidine rings is 1. The summed E-state index contributed by atoms with van der Waals surface area (Å²) >= 11 is 0. The zero-order valence-electron chi connectivity index (χ0n) is 17.8. The summed E-state index contributed by atoms with van der Waals surface area (Å²) in [5, 5.41) is 0. The van der Waals surface area contributed by atoms with Crippen molar-refractivity contribution in [3.63, 3.8) is 0 Å². The lowest BCUT2D eigenvalue weighted by atomic mass is 9.92. The van der Waals surface area contributed by atoms with Crippen molar-refractivity contribution in [3.05, 3.63) is 29.3 Å². The highest BCUT2D eigenvalue weighted by Crippen LogP contribution is 2.36. The van der Waals surface area contributed by atoms with E-state index in [-0.39, 0.29) is 11.8 Å². The van der Waals surface area contributed by atoms with Gasteiger partial charge in [0, 0.05) is 25.9 Å². The second kappa shape index (κ2) is 7.98. The fourth-order valence-electron chi connectivity index (χ4n) is 4.65. The zero-order chi connectivity index (χ0) is 20.6. The van der Waals surface area contributed by atoms with Gasteiger partial charge in [0.05, 0.1) is 25.3 Å². The molecule has 158 valence electrons. The van der Waals surface area contributed by atoms with Gasteiger partial charge in [-0.25, -0.2) is 0 Å². The van der Waals surface area contributed by atoms with Crippen molar-refractivity contribution >= 4 is 11.8 Å². The first kappa shape index (κ1) is 20.2. The Morgan fingerprint density at radius 1 is 1.21 bits per heavy atom. The van der Waals surface area contributed by atoms with Crippen LogP contribution in [0.4, 0.5) is 0 Å². The van der Waals surface area contributed by atoms with Crippen LogP contribution in [0.1, 0.15) is 55.5 Å². The van der Waals surface area contributed by atoms with Crippen LogP contribution in [0, 0.1) is 12.8 Å². The molecule has 1 aromatic carbocycles. The second-order valence-corrected chi connectivity index (χ2v) is 9.01. The highest BCUT2D eigenvalue weighted by molar-refractivity contribution is 6.00. The Bertz CT molecular complexity index is 779. The number of ether oxygens (including phenoxy) is 2. The minimum Gasteiger partial charge on any atom is -0.484 e. The molecule has 2 amide bonds. The predicted molar refractivity (Wildman–Crippen MR) is 110 cm³/mol. The number of rotatable bonds is 2. The zero-order valence-corrected chi connectivity index (χ0v) is 17.8. The van der Waals surface area contributed by atoms with Gasteiger partial charge in [-0.3, -0.25) is 9.59 Å². The Kier molecular flexibility index (Phi) is 5.56. The van der Waals surface area contributed by atoms with Gasteiger partial charge in [-0.2, -0.15) is 0 Å². The van der Waals surface area contributed by atoms with E-state index in [9.17, 15) is 9.59 Å². The number of benzene rings is 1. The van der Waals surface area contributed by atoms with Crippen molar-refractivity contribution in [1.29, 1.82) is 0 Å². The van der Waals surface area contributed by atoms with Crippen molar-refractivity contribution in [2.45, 2.75) is 58.1 Å². The number of carbonyl (C=O) groups is 2. The Labute approximate surface area is 173 Å². The second-order valence-electron chi connectivity index (χ2n) is 9.01. The molecule has 0 aromatic heterocycles. The summed E-state index contributed by atoms with van der Waals surface area (Å²) in [6.45, 7) is 9.25. The molecule has 6 nitrogen and oxygen atoms in total. The molecule has 3 heterocycles. The summed E-state index contributed by atoms with van der Waals surface area (Å²) in [6, 6.07) is 5.23. The van der Waals surface area contributed by atoms with Crippen LogP contribution in [0.15, 0.2) is 18.2 Å². The maximum absolute atomic E-state index is 13.5. The fourth-order valence-corrected chi connectivity index (χ4v) is 4.65. The van der Waals surface area contributed by atoms with E-state index in [1.807, 2.05) is 36.9 Å². The van der Waals surface area contributed by atoms with Gasteiger partial charge in [0.15, 0.2) is 0 Å². The average molecular weight is 401 g/mol. The minimum atomic E-state index is -0.509. The van der Waals surface area contributed by atoms with Crippen molar-refractivity contribution in [2.24, 2.45) is 5.92 Å². The van der Waals surface area contributed by atoms with Crippen molar-refractivity contribution in [3.8, 4) is 5.75 Å². The Hall–Kier alpha value is -2.08. The summed E-state index contributed by atoms with van der Waals surface area (Å²) in [5.74, 6) is 1.21. The third-order valence-corrected chi connectivity index (χ3v) is 6.74. The molecule has 29 heavy (non-hydrogen) atoms. The quantitative estimate of drug-likeness (QED) is 0.766. The molecule has 0 aliphatic carbocycles. The molecule has 0 radical (unpaired) electrons. The lowest BCUT2D eigenvalue weighted by Gasteiger charge is -2.41. The van der Waals surface area contributed by atoms with Crippen molar-refractivity contribution < 1.29 is 19.1 Å². The smallest absolute Gasteiger partial charge is 0.258 e. The first-order valence-electron chi connectivity index (χ1n) is 10.9. The lowest BCUT2D eigenvalue weighted by Crippen LogP contribution is -2.57. The van der Waals surface area contributed by atoms with Crippen LogP contribution in [0.3, 0.4) is 0 Å². The number of hydrogen-bond donors (Lipinski definition) is 0.